The van der Waals surface area contributed by atoms with Crippen molar-refractivity contribution in [2.75, 3.05) is 0 Å². The number of Topliss-reactive ketones (excluding diaryl/α,β-unsaturated/α-hetero) is 1. The van der Waals surface area contributed by atoms with E-state index in [0.717, 1.165) is 29.5 Å². The molecule has 2 aliphatic rings. The number of sulfone groups is 1. The zero-order chi connectivity index (χ0) is 30.0. The van der Waals surface area contributed by atoms with Gasteiger partial charge in [-0.1, -0.05) is 84.9 Å². The Kier molecular flexibility index (Phi) is 7.72. The first kappa shape index (κ1) is 28.6. The van der Waals surface area contributed by atoms with Crippen LogP contribution in [0.1, 0.15) is 46.6 Å². The van der Waals surface area contributed by atoms with E-state index in [-0.39, 0.29) is 35.2 Å². The number of hydrogen-bond acceptors (Lipinski definition) is 6. The standard InChI is InChI=1S/C36H31NO5S/c37-23-27-14-18-31(19-15-27)43(40,41)24-28-12-7-13-30(20-28)32(29-16-17-29)33-34(38)36(42-35(33)39,21-25-8-3-1-4-9-25)22-26-10-5-2-6-11-26/h1-15,18-20,29,32-33H,16-17,21-22,24H2. The van der Waals surface area contributed by atoms with Crippen molar-refractivity contribution in [1.82, 2.24) is 0 Å². The molecule has 216 valence electrons. The second-order valence-corrected chi connectivity index (χ2v) is 13.6. The predicted molar refractivity (Wildman–Crippen MR) is 162 cm³/mol. The number of benzene rings is 4. The molecule has 2 unspecified atom stereocenters. The van der Waals surface area contributed by atoms with Crippen molar-refractivity contribution in [1.29, 1.82) is 5.26 Å². The van der Waals surface area contributed by atoms with Gasteiger partial charge in [-0.3, -0.25) is 9.59 Å². The molecule has 1 heterocycles. The molecule has 0 radical (unpaired) electrons. The third kappa shape index (κ3) is 6.02. The van der Waals surface area contributed by atoms with E-state index in [4.69, 9.17) is 10.00 Å². The van der Waals surface area contributed by atoms with Crippen LogP contribution in [0.25, 0.3) is 0 Å². The summed E-state index contributed by atoms with van der Waals surface area (Å²) in [6.07, 6.45) is 2.34. The van der Waals surface area contributed by atoms with Gasteiger partial charge in [0, 0.05) is 18.8 Å². The van der Waals surface area contributed by atoms with Crippen LogP contribution in [0.15, 0.2) is 114 Å². The molecule has 1 aliphatic carbocycles. The largest absolute Gasteiger partial charge is 0.450 e. The lowest BCUT2D eigenvalue weighted by Gasteiger charge is -2.27. The summed E-state index contributed by atoms with van der Waals surface area (Å²) in [5.41, 5.74) is 2.24. The summed E-state index contributed by atoms with van der Waals surface area (Å²) in [4.78, 5) is 28.3. The Balaban J connectivity index is 1.32. The van der Waals surface area contributed by atoms with Crippen LogP contribution >= 0.6 is 0 Å². The summed E-state index contributed by atoms with van der Waals surface area (Å²) < 4.78 is 32.6. The van der Waals surface area contributed by atoms with Gasteiger partial charge in [-0.25, -0.2) is 8.42 Å². The third-order valence-electron chi connectivity index (χ3n) is 8.47. The zero-order valence-corrected chi connectivity index (χ0v) is 24.4. The van der Waals surface area contributed by atoms with Gasteiger partial charge in [0.05, 0.1) is 22.3 Å². The van der Waals surface area contributed by atoms with Crippen molar-refractivity contribution >= 4 is 21.6 Å². The fraction of sp³-hybridized carbons (Fsp3) is 0.250. The molecule has 0 spiro atoms. The number of hydrogen-bond donors (Lipinski definition) is 0. The van der Waals surface area contributed by atoms with Crippen LogP contribution in [-0.4, -0.2) is 25.8 Å². The van der Waals surface area contributed by atoms with Gasteiger partial charge in [0.25, 0.3) is 0 Å². The van der Waals surface area contributed by atoms with Crippen LogP contribution in [0, 0.1) is 23.2 Å². The number of ether oxygens (including phenoxy) is 1. The minimum Gasteiger partial charge on any atom is -0.450 e. The Morgan fingerprint density at radius 2 is 1.37 bits per heavy atom. The Bertz CT molecular complexity index is 1750. The Morgan fingerprint density at radius 3 is 1.93 bits per heavy atom. The van der Waals surface area contributed by atoms with Crippen molar-refractivity contribution in [2.45, 2.75) is 47.9 Å². The van der Waals surface area contributed by atoms with Crippen molar-refractivity contribution in [2.24, 2.45) is 11.8 Å². The van der Waals surface area contributed by atoms with E-state index in [0.29, 0.717) is 11.1 Å². The van der Waals surface area contributed by atoms with Crippen molar-refractivity contribution < 1.29 is 22.7 Å². The van der Waals surface area contributed by atoms with Crippen LogP contribution in [0.4, 0.5) is 0 Å². The topological polar surface area (TPSA) is 101 Å². The van der Waals surface area contributed by atoms with Crippen LogP contribution in [0.5, 0.6) is 0 Å². The predicted octanol–water partition coefficient (Wildman–Crippen LogP) is 5.99. The molecule has 1 saturated carbocycles. The van der Waals surface area contributed by atoms with E-state index in [1.807, 2.05) is 78.9 Å². The highest BCUT2D eigenvalue weighted by Crippen LogP contribution is 2.51. The van der Waals surface area contributed by atoms with E-state index in [1.54, 1.807) is 12.1 Å². The quantitative estimate of drug-likeness (QED) is 0.166. The van der Waals surface area contributed by atoms with Crippen LogP contribution in [0.3, 0.4) is 0 Å². The molecule has 4 aromatic carbocycles. The highest BCUT2D eigenvalue weighted by molar-refractivity contribution is 7.90. The number of nitrogens with zero attached hydrogens (tertiary/aromatic N) is 1. The molecule has 1 aliphatic heterocycles. The Morgan fingerprint density at radius 1 is 0.791 bits per heavy atom. The first-order valence-corrected chi connectivity index (χ1v) is 16.1. The van der Waals surface area contributed by atoms with Gasteiger partial charge >= 0.3 is 5.97 Å². The molecule has 7 heteroatoms. The van der Waals surface area contributed by atoms with E-state index >= 15 is 0 Å². The Labute approximate surface area is 251 Å². The van der Waals surface area contributed by atoms with Gasteiger partial charge in [-0.15, -0.1) is 0 Å². The second-order valence-electron chi connectivity index (χ2n) is 11.6. The number of ketones is 1. The number of carbonyl (C=O) groups is 2. The molecular formula is C36H31NO5S. The van der Waals surface area contributed by atoms with E-state index < -0.39 is 33.2 Å². The van der Waals surface area contributed by atoms with Gasteiger partial charge in [-0.05, 0) is 65.3 Å². The number of rotatable bonds is 10. The minimum atomic E-state index is -3.68. The van der Waals surface area contributed by atoms with Crippen LogP contribution < -0.4 is 0 Å². The maximum Gasteiger partial charge on any atom is 0.318 e. The molecular weight excluding hydrogens is 558 g/mol. The van der Waals surface area contributed by atoms with Gasteiger partial charge < -0.3 is 4.74 Å². The van der Waals surface area contributed by atoms with E-state index in [9.17, 15) is 18.0 Å². The lowest BCUT2D eigenvalue weighted by atomic mass is 9.74. The third-order valence-corrected chi connectivity index (χ3v) is 10.2. The normalized spacial score (nSPS) is 18.5. The highest BCUT2D eigenvalue weighted by Gasteiger charge is 2.59. The van der Waals surface area contributed by atoms with Gasteiger partial charge in [0.15, 0.2) is 21.2 Å². The minimum absolute atomic E-state index is 0.135. The maximum atomic E-state index is 14.5. The number of nitriles is 1. The monoisotopic (exact) mass is 589 g/mol. The highest BCUT2D eigenvalue weighted by atomic mass is 32.2. The molecule has 6 nitrogen and oxygen atoms in total. The SMILES string of the molecule is N#Cc1ccc(S(=O)(=O)Cc2cccc(C(C3CC3)C3C(=O)OC(Cc4ccccc4)(Cc4ccccc4)C3=O)c2)cc1. The smallest absolute Gasteiger partial charge is 0.318 e. The van der Waals surface area contributed by atoms with Crippen molar-refractivity contribution in [3.05, 3.63) is 137 Å². The van der Waals surface area contributed by atoms with Crippen LogP contribution in [-0.2, 0) is 42.8 Å². The lowest BCUT2D eigenvalue weighted by molar-refractivity contribution is -0.152. The maximum absolute atomic E-state index is 14.5. The molecule has 4 aromatic rings. The average molecular weight is 590 g/mol. The van der Waals surface area contributed by atoms with Crippen molar-refractivity contribution in [3.63, 3.8) is 0 Å². The summed E-state index contributed by atoms with van der Waals surface area (Å²) in [5.74, 6) is -2.19. The first-order chi connectivity index (χ1) is 20.8. The Hall–Kier alpha value is -4.54. The van der Waals surface area contributed by atoms with Crippen LogP contribution in [0.2, 0.25) is 0 Å². The average Bonchev–Trinajstić information content (AvgIpc) is 3.82. The molecule has 0 aromatic heterocycles. The van der Waals surface area contributed by atoms with Crippen molar-refractivity contribution in [3.8, 4) is 6.07 Å². The molecule has 2 atom stereocenters. The summed E-state index contributed by atoms with van der Waals surface area (Å²) in [6, 6.07) is 34.3. The fourth-order valence-corrected chi connectivity index (χ4v) is 7.62. The molecule has 6 rings (SSSR count). The molecule has 0 bridgehead atoms. The molecule has 0 amide bonds. The summed E-state index contributed by atoms with van der Waals surface area (Å²) in [6.45, 7) is 0. The fourth-order valence-electron chi connectivity index (χ4n) is 6.29. The molecule has 1 saturated heterocycles. The molecule has 2 fully saturated rings. The number of esters is 1. The van der Waals surface area contributed by atoms with Gasteiger partial charge in [0.2, 0.25) is 0 Å². The summed E-state index contributed by atoms with van der Waals surface area (Å²) in [5, 5.41) is 9.05. The molecule has 0 N–H and O–H groups in total. The first-order valence-electron chi connectivity index (χ1n) is 14.4. The zero-order valence-electron chi connectivity index (χ0n) is 23.6. The summed E-state index contributed by atoms with van der Waals surface area (Å²) >= 11 is 0. The van der Waals surface area contributed by atoms with Gasteiger partial charge in [-0.2, -0.15) is 5.26 Å². The lowest BCUT2D eigenvalue weighted by Crippen LogP contribution is -2.43. The second kappa shape index (κ2) is 11.6. The summed E-state index contributed by atoms with van der Waals surface area (Å²) in [7, 11) is -3.68. The molecule has 43 heavy (non-hydrogen) atoms. The number of carbonyl (C=O) groups excluding carboxylic acids is 2. The van der Waals surface area contributed by atoms with E-state index in [2.05, 4.69) is 0 Å². The van der Waals surface area contributed by atoms with Gasteiger partial charge in [0.1, 0.15) is 5.92 Å². The van der Waals surface area contributed by atoms with E-state index in [1.165, 1.54) is 24.3 Å². The number of cyclic esters (lactones) is 1.